The van der Waals surface area contributed by atoms with Crippen LogP contribution in [0.4, 0.5) is 0 Å². The zero-order chi connectivity index (χ0) is 21.6. The Labute approximate surface area is 183 Å². The molecule has 3 amide bonds. The number of nitrogens with zero attached hydrogens (tertiary/aromatic N) is 2. The smallest absolute Gasteiger partial charge is 0.255 e. The minimum atomic E-state index is -0.566. The van der Waals surface area contributed by atoms with Gasteiger partial charge in [-0.2, -0.15) is 0 Å². The first kappa shape index (κ1) is 20.6. The summed E-state index contributed by atoms with van der Waals surface area (Å²) >= 11 is 0. The minimum Gasteiger partial charge on any atom is -0.330 e. The molecule has 1 aromatic carbocycles. The number of carbonyl (C=O) groups is 3. The summed E-state index contributed by atoms with van der Waals surface area (Å²) in [6.45, 7) is 3.09. The van der Waals surface area contributed by atoms with Gasteiger partial charge in [-0.1, -0.05) is 25.0 Å². The van der Waals surface area contributed by atoms with Crippen molar-refractivity contribution in [2.45, 2.75) is 76.5 Å². The van der Waals surface area contributed by atoms with Crippen molar-refractivity contribution < 1.29 is 14.4 Å². The number of piperidine rings is 2. The SMILES string of the molecule is NCC1(C2CCCCN2Cc2cccc3c2CN(C2CCC(=O)NC2=O)C3=O)CCC1. The number of hydrogen-bond donors (Lipinski definition) is 2. The van der Waals surface area contributed by atoms with Crippen molar-refractivity contribution in [2.75, 3.05) is 13.1 Å². The van der Waals surface area contributed by atoms with E-state index in [0.717, 1.165) is 25.2 Å². The van der Waals surface area contributed by atoms with Crippen LogP contribution in [0.5, 0.6) is 0 Å². The lowest BCUT2D eigenvalue weighted by Crippen LogP contribution is -2.56. The summed E-state index contributed by atoms with van der Waals surface area (Å²) in [5.41, 5.74) is 9.42. The van der Waals surface area contributed by atoms with Crippen LogP contribution in [-0.4, -0.2) is 52.7 Å². The Bertz CT molecular complexity index is 905. The fourth-order valence-corrected chi connectivity index (χ4v) is 6.19. The second-order valence-corrected chi connectivity index (χ2v) is 9.75. The van der Waals surface area contributed by atoms with Crippen molar-refractivity contribution in [1.82, 2.24) is 15.1 Å². The maximum Gasteiger partial charge on any atom is 0.255 e. The third kappa shape index (κ3) is 3.48. The highest BCUT2D eigenvalue weighted by molar-refractivity contribution is 6.05. The number of rotatable bonds is 5. The molecule has 3 aliphatic heterocycles. The van der Waals surface area contributed by atoms with Crippen LogP contribution >= 0.6 is 0 Å². The number of nitrogens with one attached hydrogen (secondary N) is 1. The monoisotopic (exact) mass is 424 g/mol. The summed E-state index contributed by atoms with van der Waals surface area (Å²) in [7, 11) is 0. The summed E-state index contributed by atoms with van der Waals surface area (Å²) in [5, 5.41) is 2.38. The second-order valence-electron chi connectivity index (χ2n) is 9.75. The maximum absolute atomic E-state index is 13.1. The van der Waals surface area contributed by atoms with E-state index in [1.165, 1.54) is 44.1 Å². The van der Waals surface area contributed by atoms with Crippen LogP contribution in [0, 0.1) is 5.41 Å². The molecular formula is C24H32N4O3. The van der Waals surface area contributed by atoms with Gasteiger partial charge in [0.15, 0.2) is 0 Å². The molecule has 166 valence electrons. The van der Waals surface area contributed by atoms with E-state index in [1.807, 2.05) is 12.1 Å². The van der Waals surface area contributed by atoms with Gasteiger partial charge in [0.1, 0.15) is 6.04 Å². The van der Waals surface area contributed by atoms with Gasteiger partial charge in [0.25, 0.3) is 5.91 Å². The van der Waals surface area contributed by atoms with Crippen molar-refractivity contribution >= 4 is 17.7 Å². The number of nitrogens with two attached hydrogens (primary N) is 1. The van der Waals surface area contributed by atoms with Gasteiger partial charge in [-0.25, -0.2) is 0 Å². The second kappa shape index (κ2) is 8.02. The molecule has 2 atom stereocenters. The lowest BCUT2D eigenvalue weighted by molar-refractivity contribution is -0.136. The lowest BCUT2D eigenvalue weighted by atomic mass is 9.62. The van der Waals surface area contributed by atoms with Gasteiger partial charge in [0, 0.05) is 31.1 Å². The van der Waals surface area contributed by atoms with Crippen LogP contribution in [0.2, 0.25) is 0 Å². The topological polar surface area (TPSA) is 95.7 Å². The number of amides is 3. The Hall–Kier alpha value is -2.25. The number of imide groups is 1. The number of likely N-dealkylation sites (tertiary alicyclic amines) is 1. The number of fused-ring (bicyclic) bond motifs is 1. The Morgan fingerprint density at radius 3 is 2.65 bits per heavy atom. The molecule has 2 saturated heterocycles. The van der Waals surface area contributed by atoms with Crippen molar-refractivity contribution in [3.63, 3.8) is 0 Å². The van der Waals surface area contributed by atoms with Crippen molar-refractivity contribution in [3.05, 3.63) is 34.9 Å². The van der Waals surface area contributed by atoms with Crippen LogP contribution in [0.1, 0.15) is 72.9 Å². The van der Waals surface area contributed by atoms with E-state index in [9.17, 15) is 14.4 Å². The molecule has 0 spiro atoms. The first-order valence-corrected chi connectivity index (χ1v) is 11.7. The molecule has 5 rings (SSSR count). The average molecular weight is 425 g/mol. The molecule has 7 nitrogen and oxygen atoms in total. The van der Waals surface area contributed by atoms with Crippen LogP contribution in [0.25, 0.3) is 0 Å². The predicted octanol–water partition coefficient (Wildman–Crippen LogP) is 1.93. The molecule has 3 N–H and O–H groups in total. The molecule has 3 heterocycles. The minimum absolute atomic E-state index is 0.0982. The maximum atomic E-state index is 13.1. The molecule has 4 aliphatic rings. The predicted molar refractivity (Wildman–Crippen MR) is 116 cm³/mol. The lowest BCUT2D eigenvalue weighted by Gasteiger charge is -2.53. The van der Waals surface area contributed by atoms with Gasteiger partial charge in [-0.15, -0.1) is 0 Å². The number of carbonyl (C=O) groups excluding carboxylic acids is 3. The largest absolute Gasteiger partial charge is 0.330 e. The summed E-state index contributed by atoms with van der Waals surface area (Å²) in [4.78, 5) is 41.3. The number of benzene rings is 1. The zero-order valence-corrected chi connectivity index (χ0v) is 18.1. The summed E-state index contributed by atoms with van der Waals surface area (Å²) in [5.74, 6) is -0.712. The van der Waals surface area contributed by atoms with Gasteiger partial charge in [-0.3, -0.25) is 24.6 Å². The molecule has 0 aromatic heterocycles. The molecule has 1 aliphatic carbocycles. The molecule has 2 unspecified atom stereocenters. The van der Waals surface area contributed by atoms with Gasteiger partial charge >= 0.3 is 0 Å². The summed E-state index contributed by atoms with van der Waals surface area (Å²) < 4.78 is 0. The Morgan fingerprint density at radius 2 is 1.94 bits per heavy atom. The van der Waals surface area contributed by atoms with E-state index in [-0.39, 0.29) is 29.6 Å². The van der Waals surface area contributed by atoms with Crippen molar-refractivity contribution in [1.29, 1.82) is 0 Å². The van der Waals surface area contributed by atoms with Crippen LogP contribution < -0.4 is 11.1 Å². The Morgan fingerprint density at radius 1 is 1.10 bits per heavy atom. The van der Waals surface area contributed by atoms with Crippen LogP contribution in [0.3, 0.4) is 0 Å². The molecule has 0 radical (unpaired) electrons. The van der Waals surface area contributed by atoms with E-state index in [0.29, 0.717) is 24.6 Å². The quantitative estimate of drug-likeness (QED) is 0.704. The van der Waals surface area contributed by atoms with E-state index in [2.05, 4.69) is 16.3 Å². The van der Waals surface area contributed by atoms with Crippen LogP contribution in [-0.2, 0) is 22.7 Å². The van der Waals surface area contributed by atoms with Gasteiger partial charge in [-0.05, 0) is 67.8 Å². The number of hydrogen-bond acceptors (Lipinski definition) is 5. The third-order valence-electron chi connectivity index (χ3n) is 8.13. The van der Waals surface area contributed by atoms with Gasteiger partial charge in [0.2, 0.25) is 11.8 Å². The van der Waals surface area contributed by atoms with Crippen LogP contribution in [0.15, 0.2) is 18.2 Å². The van der Waals surface area contributed by atoms with E-state index in [4.69, 9.17) is 5.73 Å². The highest BCUT2D eigenvalue weighted by Gasteiger charge is 2.46. The molecule has 31 heavy (non-hydrogen) atoms. The van der Waals surface area contributed by atoms with Gasteiger partial charge in [0.05, 0.1) is 0 Å². The normalized spacial score (nSPS) is 28.3. The van der Waals surface area contributed by atoms with E-state index >= 15 is 0 Å². The van der Waals surface area contributed by atoms with E-state index < -0.39 is 6.04 Å². The fraction of sp³-hybridized carbons (Fsp3) is 0.625. The van der Waals surface area contributed by atoms with Crippen molar-refractivity contribution in [2.24, 2.45) is 11.1 Å². The first-order valence-electron chi connectivity index (χ1n) is 11.7. The molecule has 1 aromatic rings. The zero-order valence-electron chi connectivity index (χ0n) is 18.1. The molecule has 7 heteroatoms. The molecule has 0 bridgehead atoms. The Balaban J connectivity index is 1.38. The van der Waals surface area contributed by atoms with Gasteiger partial charge < -0.3 is 10.6 Å². The third-order valence-corrected chi connectivity index (χ3v) is 8.13. The first-order chi connectivity index (χ1) is 15.0. The van der Waals surface area contributed by atoms with E-state index in [1.54, 1.807) is 4.90 Å². The standard InChI is InChI=1S/C24H32N4O3/c25-15-24(10-4-11-24)20-7-1-2-12-27(20)13-16-5-3-6-17-18(16)14-28(23(17)31)19-8-9-21(29)26-22(19)30/h3,5-6,19-20H,1-2,4,7-15,25H2,(H,26,29,30). The fourth-order valence-electron chi connectivity index (χ4n) is 6.19. The average Bonchev–Trinajstić information content (AvgIpc) is 3.06. The molecular weight excluding hydrogens is 392 g/mol. The highest BCUT2D eigenvalue weighted by Crippen LogP contribution is 2.48. The highest BCUT2D eigenvalue weighted by atomic mass is 16.2. The summed E-state index contributed by atoms with van der Waals surface area (Å²) in [6, 6.07) is 5.90. The van der Waals surface area contributed by atoms with Crippen molar-refractivity contribution in [3.8, 4) is 0 Å². The molecule has 3 fully saturated rings. The summed E-state index contributed by atoms with van der Waals surface area (Å²) in [6.07, 6.45) is 8.06. The molecule has 1 saturated carbocycles. The Kier molecular flexibility index (Phi) is 5.34.